The van der Waals surface area contributed by atoms with Gasteiger partial charge in [-0.15, -0.1) is 0 Å². The molecule has 0 spiro atoms. The van der Waals surface area contributed by atoms with Gasteiger partial charge in [-0.05, 0) is 30.7 Å². The van der Waals surface area contributed by atoms with Crippen molar-refractivity contribution in [2.24, 2.45) is 0 Å². The fraction of sp³-hybridized carbons (Fsp3) is 0.182. The van der Waals surface area contributed by atoms with Gasteiger partial charge in [-0.3, -0.25) is 0 Å². The number of nitriles is 1. The summed E-state index contributed by atoms with van der Waals surface area (Å²) in [5.74, 6) is 0. The van der Waals surface area contributed by atoms with Gasteiger partial charge in [0.15, 0.2) is 0 Å². The first-order valence-corrected chi connectivity index (χ1v) is 5.29. The molecule has 1 aromatic heterocycles. The molecule has 0 amide bonds. The van der Waals surface area contributed by atoms with Crippen LogP contribution in [0.3, 0.4) is 0 Å². The number of rotatable bonds is 1. The van der Waals surface area contributed by atoms with Crippen LogP contribution in [-0.4, -0.2) is 4.98 Å². The van der Waals surface area contributed by atoms with Crippen molar-refractivity contribution in [1.82, 2.24) is 4.98 Å². The molecule has 0 radical (unpaired) electrons. The van der Waals surface area contributed by atoms with Gasteiger partial charge in [-0.25, -0.2) is 0 Å². The quantitative estimate of drug-likeness (QED) is 0.772. The zero-order valence-electron chi connectivity index (χ0n) is 7.71. The third-order valence-corrected chi connectivity index (χ3v) is 2.76. The molecule has 0 aliphatic carbocycles. The summed E-state index contributed by atoms with van der Waals surface area (Å²) in [6, 6.07) is 7.82. The minimum atomic E-state index is 0.296. The summed E-state index contributed by atoms with van der Waals surface area (Å²) < 4.78 is 0. The van der Waals surface area contributed by atoms with Crippen molar-refractivity contribution in [2.45, 2.75) is 11.8 Å². The van der Waals surface area contributed by atoms with Gasteiger partial charge in [0.05, 0.1) is 11.6 Å². The summed E-state index contributed by atoms with van der Waals surface area (Å²) >= 11 is 3.53. The topological polar surface area (TPSA) is 39.6 Å². The Morgan fingerprint density at radius 2 is 2.29 bits per heavy atom. The smallest absolute Gasteiger partial charge is 0.0991 e. The van der Waals surface area contributed by atoms with Crippen molar-refractivity contribution in [3.8, 4) is 6.07 Å². The van der Waals surface area contributed by atoms with Crippen LogP contribution >= 0.6 is 15.9 Å². The summed E-state index contributed by atoms with van der Waals surface area (Å²) in [5, 5.41) is 9.91. The number of alkyl halides is 1. The van der Waals surface area contributed by atoms with E-state index < -0.39 is 0 Å². The summed E-state index contributed by atoms with van der Waals surface area (Å²) in [5.41, 5.74) is 2.97. The van der Waals surface area contributed by atoms with Gasteiger partial charge in [-0.1, -0.05) is 15.9 Å². The highest BCUT2D eigenvalue weighted by atomic mass is 79.9. The van der Waals surface area contributed by atoms with Crippen LogP contribution in [0.4, 0.5) is 0 Å². The number of H-pyrrole nitrogens is 1. The van der Waals surface area contributed by atoms with E-state index in [0.717, 1.165) is 10.9 Å². The fourth-order valence-corrected chi connectivity index (χ4v) is 1.92. The Morgan fingerprint density at radius 1 is 1.50 bits per heavy atom. The Bertz CT molecular complexity index is 505. The first kappa shape index (κ1) is 9.29. The molecular formula is C11H9BrN2. The van der Waals surface area contributed by atoms with Crippen LogP contribution in [0.25, 0.3) is 10.9 Å². The molecule has 0 saturated heterocycles. The predicted octanol–water partition coefficient (Wildman–Crippen LogP) is 3.50. The average Bonchev–Trinajstić information content (AvgIpc) is 2.59. The van der Waals surface area contributed by atoms with E-state index in [0.29, 0.717) is 10.4 Å². The van der Waals surface area contributed by atoms with E-state index in [1.807, 2.05) is 24.4 Å². The highest BCUT2D eigenvalue weighted by Gasteiger charge is 2.08. The number of fused-ring (bicyclic) bond motifs is 1. The molecule has 1 aromatic carbocycles. The number of aromatic nitrogens is 1. The normalized spacial score (nSPS) is 12.6. The molecule has 70 valence electrons. The van der Waals surface area contributed by atoms with Crippen molar-refractivity contribution >= 4 is 26.8 Å². The average molecular weight is 249 g/mol. The molecule has 0 aliphatic rings. The molecule has 2 aromatic rings. The summed E-state index contributed by atoms with van der Waals surface area (Å²) in [6.45, 7) is 2.07. The van der Waals surface area contributed by atoms with E-state index in [-0.39, 0.29) is 0 Å². The summed E-state index contributed by atoms with van der Waals surface area (Å²) in [4.78, 5) is 3.48. The van der Waals surface area contributed by atoms with Crippen molar-refractivity contribution in [2.75, 3.05) is 0 Å². The Morgan fingerprint density at radius 3 is 2.93 bits per heavy atom. The second-order valence-electron chi connectivity index (χ2n) is 3.23. The monoisotopic (exact) mass is 248 g/mol. The van der Waals surface area contributed by atoms with Gasteiger partial charge in [0, 0.05) is 21.9 Å². The third-order valence-electron chi connectivity index (χ3n) is 2.27. The number of halogens is 1. The Kier molecular flexibility index (Phi) is 2.30. The lowest BCUT2D eigenvalue weighted by Gasteiger charge is -2.00. The van der Waals surface area contributed by atoms with Gasteiger partial charge in [0.1, 0.15) is 0 Å². The standard InChI is InChI=1S/C11H9BrN2/c1-7(12)10-6-14-11-3-2-8(5-13)4-9(10)11/h2-4,6-7,14H,1H3. The molecule has 0 saturated carbocycles. The van der Waals surface area contributed by atoms with Crippen molar-refractivity contribution in [3.05, 3.63) is 35.5 Å². The first-order valence-electron chi connectivity index (χ1n) is 4.37. The third kappa shape index (κ3) is 1.42. The van der Waals surface area contributed by atoms with Crippen LogP contribution < -0.4 is 0 Å². The molecular weight excluding hydrogens is 240 g/mol. The van der Waals surface area contributed by atoms with Crippen molar-refractivity contribution in [1.29, 1.82) is 5.26 Å². The molecule has 2 rings (SSSR count). The highest BCUT2D eigenvalue weighted by Crippen LogP contribution is 2.29. The fourth-order valence-electron chi connectivity index (χ4n) is 1.54. The molecule has 2 nitrogen and oxygen atoms in total. The van der Waals surface area contributed by atoms with E-state index in [1.165, 1.54) is 5.56 Å². The lowest BCUT2D eigenvalue weighted by molar-refractivity contribution is 1.14. The molecule has 0 aliphatic heterocycles. The largest absolute Gasteiger partial charge is 0.361 e. The van der Waals surface area contributed by atoms with Crippen LogP contribution in [0.1, 0.15) is 22.9 Å². The second kappa shape index (κ2) is 3.47. The molecule has 14 heavy (non-hydrogen) atoms. The van der Waals surface area contributed by atoms with Crippen LogP contribution in [0.2, 0.25) is 0 Å². The molecule has 1 heterocycles. The number of hydrogen-bond donors (Lipinski definition) is 1. The van der Waals surface area contributed by atoms with Gasteiger partial charge in [0.2, 0.25) is 0 Å². The summed E-state index contributed by atoms with van der Waals surface area (Å²) in [6.07, 6.45) is 1.98. The minimum absolute atomic E-state index is 0.296. The molecule has 1 atom stereocenters. The van der Waals surface area contributed by atoms with Gasteiger partial charge in [-0.2, -0.15) is 5.26 Å². The van der Waals surface area contributed by atoms with Crippen LogP contribution in [-0.2, 0) is 0 Å². The Balaban J connectivity index is 2.71. The predicted molar refractivity (Wildman–Crippen MR) is 60.4 cm³/mol. The maximum absolute atomic E-state index is 8.79. The number of aromatic amines is 1. The van der Waals surface area contributed by atoms with E-state index in [4.69, 9.17) is 5.26 Å². The minimum Gasteiger partial charge on any atom is -0.361 e. The maximum Gasteiger partial charge on any atom is 0.0991 e. The highest BCUT2D eigenvalue weighted by molar-refractivity contribution is 9.09. The zero-order chi connectivity index (χ0) is 10.1. The Hall–Kier alpha value is -1.27. The van der Waals surface area contributed by atoms with Crippen LogP contribution in [0.5, 0.6) is 0 Å². The van der Waals surface area contributed by atoms with Crippen LogP contribution in [0, 0.1) is 11.3 Å². The SMILES string of the molecule is CC(Br)c1c[nH]c2ccc(C#N)cc12. The van der Waals surface area contributed by atoms with Gasteiger partial charge < -0.3 is 4.98 Å². The number of hydrogen-bond acceptors (Lipinski definition) is 1. The van der Waals surface area contributed by atoms with Crippen molar-refractivity contribution in [3.63, 3.8) is 0 Å². The molecule has 1 unspecified atom stereocenters. The molecule has 0 fully saturated rings. The van der Waals surface area contributed by atoms with E-state index >= 15 is 0 Å². The number of benzene rings is 1. The van der Waals surface area contributed by atoms with E-state index in [1.54, 1.807) is 0 Å². The van der Waals surface area contributed by atoms with Crippen molar-refractivity contribution < 1.29 is 0 Å². The Labute approximate surface area is 90.7 Å². The van der Waals surface area contributed by atoms with Crippen LogP contribution in [0.15, 0.2) is 24.4 Å². The lowest BCUT2D eigenvalue weighted by Crippen LogP contribution is -1.80. The molecule has 0 bridgehead atoms. The van der Waals surface area contributed by atoms with E-state index in [2.05, 4.69) is 33.9 Å². The lowest BCUT2D eigenvalue weighted by atomic mass is 10.1. The second-order valence-corrected chi connectivity index (χ2v) is 4.61. The zero-order valence-corrected chi connectivity index (χ0v) is 9.30. The summed E-state index contributed by atoms with van der Waals surface area (Å²) in [7, 11) is 0. The molecule has 3 heteroatoms. The van der Waals surface area contributed by atoms with E-state index in [9.17, 15) is 0 Å². The maximum atomic E-state index is 8.79. The van der Waals surface area contributed by atoms with Gasteiger partial charge in [0.25, 0.3) is 0 Å². The van der Waals surface area contributed by atoms with Gasteiger partial charge >= 0.3 is 0 Å². The number of nitrogens with one attached hydrogen (secondary N) is 1. The first-order chi connectivity index (χ1) is 6.72. The molecule has 1 N–H and O–H groups in total. The number of nitrogens with zero attached hydrogens (tertiary/aromatic N) is 1.